The Hall–Kier alpha value is -1.26. The molecule has 5 heteroatoms. The number of hydrogen-bond donors (Lipinski definition) is 1. The fourth-order valence-corrected chi connectivity index (χ4v) is 4.25. The van der Waals surface area contributed by atoms with Crippen molar-refractivity contribution in [3.05, 3.63) is 34.9 Å². The molecule has 0 spiro atoms. The van der Waals surface area contributed by atoms with E-state index in [1.165, 1.54) is 44.1 Å². The van der Waals surface area contributed by atoms with Gasteiger partial charge in [0.2, 0.25) is 0 Å². The topological polar surface area (TPSA) is 36.9 Å². The Balaban J connectivity index is 1.53. The highest BCUT2D eigenvalue weighted by Gasteiger charge is 2.38. The molecule has 3 rings (SSSR count). The highest BCUT2D eigenvalue weighted by molar-refractivity contribution is 6.30. The quantitative estimate of drug-likeness (QED) is 0.599. The van der Waals surface area contributed by atoms with Crippen LogP contribution in [0.1, 0.15) is 44.1 Å². The van der Waals surface area contributed by atoms with Gasteiger partial charge in [0, 0.05) is 50.8 Å². The maximum absolute atomic E-state index is 6.06. The molecule has 1 aliphatic heterocycles. The molecule has 2 fully saturated rings. The molecule has 0 aromatic heterocycles. The third kappa shape index (κ3) is 4.72. The lowest BCUT2D eigenvalue weighted by atomic mass is 9.64. The first kappa shape index (κ1) is 19.5. The zero-order valence-electron chi connectivity index (χ0n) is 16.1. The van der Waals surface area contributed by atoms with E-state index in [1.807, 2.05) is 19.2 Å². The number of halogens is 1. The molecule has 4 nitrogen and oxygen atoms in total. The minimum Gasteiger partial charge on any atom is -0.381 e. The van der Waals surface area contributed by atoms with E-state index < -0.39 is 0 Å². The van der Waals surface area contributed by atoms with E-state index in [0.29, 0.717) is 0 Å². The van der Waals surface area contributed by atoms with Crippen LogP contribution >= 0.6 is 11.6 Å². The van der Waals surface area contributed by atoms with Crippen molar-refractivity contribution in [2.45, 2.75) is 43.9 Å². The summed E-state index contributed by atoms with van der Waals surface area (Å²) in [5.41, 5.74) is 1.61. The average molecular weight is 378 g/mol. The van der Waals surface area contributed by atoms with Gasteiger partial charge in [-0.3, -0.25) is 4.99 Å². The standard InChI is InChI=1S/C21H32ClN3O/c1-23-20(25(2)13-8-17-9-14-26-15-10-17)24-16-21(11-3-12-21)18-4-6-19(22)7-5-18/h4-7,17H,3,8-16H2,1-2H3,(H,23,24). The van der Waals surface area contributed by atoms with Crippen LogP contribution in [0.15, 0.2) is 29.3 Å². The predicted octanol–water partition coefficient (Wildman–Crippen LogP) is 4.09. The second-order valence-electron chi connectivity index (χ2n) is 7.81. The van der Waals surface area contributed by atoms with Crippen molar-refractivity contribution in [1.29, 1.82) is 0 Å². The van der Waals surface area contributed by atoms with E-state index in [2.05, 4.69) is 34.4 Å². The molecule has 0 bridgehead atoms. The summed E-state index contributed by atoms with van der Waals surface area (Å²) >= 11 is 6.06. The van der Waals surface area contributed by atoms with E-state index in [4.69, 9.17) is 16.3 Å². The first-order chi connectivity index (χ1) is 12.6. The maximum Gasteiger partial charge on any atom is 0.193 e. The van der Waals surface area contributed by atoms with Crippen molar-refractivity contribution in [1.82, 2.24) is 10.2 Å². The van der Waals surface area contributed by atoms with Crippen LogP contribution < -0.4 is 5.32 Å². The normalized spacial score (nSPS) is 20.5. The Morgan fingerprint density at radius 1 is 1.27 bits per heavy atom. The Kier molecular flexibility index (Phi) is 6.82. The average Bonchev–Trinajstić information content (AvgIpc) is 2.64. The Morgan fingerprint density at radius 2 is 1.96 bits per heavy atom. The fraction of sp³-hybridized carbons (Fsp3) is 0.667. The lowest BCUT2D eigenvalue weighted by molar-refractivity contribution is 0.0625. The molecule has 0 radical (unpaired) electrons. The third-order valence-electron chi connectivity index (χ3n) is 6.14. The van der Waals surface area contributed by atoms with Gasteiger partial charge in [0.15, 0.2) is 5.96 Å². The van der Waals surface area contributed by atoms with Gasteiger partial charge in [-0.15, -0.1) is 0 Å². The van der Waals surface area contributed by atoms with Crippen molar-refractivity contribution in [2.24, 2.45) is 10.9 Å². The molecule has 0 amide bonds. The molecule has 1 aliphatic carbocycles. The van der Waals surface area contributed by atoms with E-state index in [-0.39, 0.29) is 5.41 Å². The molecule has 1 heterocycles. The van der Waals surface area contributed by atoms with Gasteiger partial charge in [-0.2, -0.15) is 0 Å². The molecule has 1 saturated heterocycles. The highest BCUT2D eigenvalue weighted by Crippen LogP contribution is 2.43. The van der Waals surface area contributed by atoms with Crippen LogP contribution in [-0.2, 0) is 10.2 Å². The lowest BCUT2D eigenvalue weighted by Crippen LogP contribution is -2.49. The molecular weight excluding hydrogens is 346 g/mol. The van der Waals surface area contributed by atoms with Gasteiger partial charge in [-0.1, -0.05) is 30.2 Å². The summed E-state index contributed by atoms with van der Waals surface area (Å²) in [7, 11) is 4.02. The van der Waals surface area contributed by atoms with E-state index in [0.717, 1.165) is 43.2 Å². The van der Waals surface area contributed by atoms with Crippen molar-refractivity contribution in [3.63, 3.8) is 0 Å². The summed E-state index contributed by atoms with van der Waals surface area (Å²) in [6.45, 7) is 3.82. The van der Waals surface area contributed by atoms with Crippen LogP contribution in [0.5, 0.6) is 0 Å². The van der Waals surface area contributed by atoms with Crippen molar-refractivity contribution < 1.29 is 4.74 Å². The molecule has 0 atom stereocenters. The molecule has 144 valence electrons. The molecule has 1 N–H and O–H groups in total. The van der Waals surface area contributed by atoms with Crippen LogP contribution in [0.4, 0.5) is 0 Å². The smallest absolute Gasteiger partial charge is 0.193 e. The van der Waals surface area contributed by atoms with Gasteiger partial charge in [0.1, 0.15) is 0 Å². The largest absolute Gasteiger partial charge is 0.381 e. The van der Waals surface area contributed by atoms with Gasteiger partial charge in [-0.25, -0.2) is 0 Å². The number of nitrogens with one attached hydrogen (secondary N) is 1. The molecule has 2 aliphatic rings. The van der Waals surface area contributed by atoms with E-state index in [9.17, 15) is 0 Å². The second kappa shape index (κ2) is 9.09. The SMILES string of the molecule is CN=C(NCC1(c2ccc(Cl)cc2)CCC1)N(C)CCC1CCOCC1. The van der Waals surface area contributed by atoms with Crippen molar-refractivity contribution >= 4 is 17.6 Å². The Labute approximate surface area is 163 Å². The Morgan fingerprint density at radius 3 is 2.54 bits per heavy atom. The summed E-state index contributed by atoms with van der Waals surface area (Å²) in [6.07, 6.45) is 7.35. The summed E-state index contributed by atoms with van der Waals surface area (Å²) in [5, 5.41) is 4.44. The zero-order valence-corrected chi connectivity index (χ0v) is 16.9. The first-order valence-electron chi connectivity index (χ1n) is 9.88. The van der Waals surface area contributed by atoms with Gasteiger partial charge >= 0.3 is 0 Å². The van der Waals surface area contributed by atoms with E-state index in [1.54, 1.807) is 0 Å². The molecule has 1 aromatic carbocycles. The zero-order chi connectivity index (χ0) is 18.4. The van der Waals surface area contributed by atoms with Gasteiger partial charge in [-0.05, 0) is 55.7 Å². The number of guanidine groups is 1. The number of hydrogen-bond acceptors (Lipinski definition) is 2. The van der Waals surface area contributed by atoms with Crippen molar-refractivity contribution in [2.75, 3.05) is 40.4 Å². The summed E-state index contributed by atoms with van der Waals surface area (Å²) in [5.74, 6) is 1.79. The number of nitrogens with zero attached hydrogens (tertiary/aromatic N) is 2. The monoisotopic (exact) mass is 377 g/mol. The lowest BCUT2D eigenvalue weighted by Gasteiger charge is -2.43. The molecule has 26 heavy (non-hydrogen) atoms. The molecule has 1 aromatic rings. The van der Waals surface area contributed by atoms with E-state index >= 15 is 0 Å². The predicted molar refractivity (Wildman–Crippen MR) is 109 cm³/mol. The van der Waals surface area contributed by atoms with Gasteiger partial charge < -0.3 is 15.0 Å². The van der Waals surface area contributed by atoms with Crippen molar-refractivity contribution in [3.8, 4) is 0 Å². The van der Waals surface area contributed by atoms with Crippen LogP contribution in [0.2, 0.25) is 5.02 Å². The molecular formula is C21H32ClN3O. The van der Waals surface area contributed by atoms with Gasteiger partial charge in [0.05, 0.1) is 0 Å². The summed E-state index contributed by atoms with van der Waals surface area (Å²) in [4.78, 5) is 6.77. The van der Waals surface area contributed by atoms with Crippen LogP contribution in [0.3, 0.4) is 0 Å². The number of aliphatic imine (C=N–C) groups is 1. The first-order valence-corrected chi connectivity index (χ1v) is 10.3. The minimum absolute atomic E-state index is 0.224. The fourth-order valence-electron chi connectivity index (χ4n) is 4.12. The molecule has 1 saturated carbocycles. The van der Waals surface area contributed by atoms with Crippen LogP contribution in [-0.4, -0.2) is 51.3 Å². The number of ether oxygens (including phenoxy) is 1. The third-order valence-corrected chi connectivity index (χ3v) is 6.39. The summed E-state index contributed by atoms with van der Waals surface area (Å²) < 4.78 is 5.46. The maximum atomic E-state index is 6.06. The highest BCUT2D eigenvalue weighted by atomic mass is 35.5. The Bertz CT molecular complexity index is 592. The molecule has 0 unspecified atom stereocenters. The number of rotatable bonds is 6. The number of benzene rings is 1. The minimum atomic E-state index is 0.224. The van der Waals surface area contributed by atoms with Crippen LogP contribution in [0.25, 0.3) is 0 Å². The second-order valence-corrected chi connectivity index (χ2v) is 8.24. The summed E-state index contributed by atoms with van der Waals surface area (Å²) in [6, 6.07) is 8.37. The van der Waals surface area contributed by atoms with Crippen LogP contribution in [0, 0.1) is 5.92 Å². The van der Waals surface area contributed by atoms with Gasteiger partial charge in [0.25, 0.3) is 0 Å².